The number of hydrogen-bond acceptors (Lipinski definition) is 1. The van der Waals surface area contributed by atoms with Gasteiger partial charge in [-0.1, -0.05) is 47.5 Å². The quantitative estimate of drug-likeness (QED) is 0.718. The highest BCUT2D eigenvalue weighted by Crippen LogP contribution is 2.26. The van der Waals surface area contributed by atoms with Gasteiger partial charge in [0.25, 0.3) is 5.24 Å². The lowest BCUT2D eigenvalue weighted by molar-refractivity contribution is 0.108. The summed E-state index contributed by atoms with van der Waals surface area (Å²) in [4.78, 5) is 11.4. The molecule has 2 aromatic carbocycles. The van der Waals surface area contributed by atoms with Gasteiger partial charge in [-0.05, 0) is 42.6 Å². The first-order valence-electron chi connectivity index (χ1n) is 5.45. The van der Waals surface area contributed by atoms with Crippen LogP contribution in [0.4, 0.5) is 0 Å². The van der Waals surface area contributed by atoms with Crippen LogP contribution in [-0.2, 0) is 0 Å². The third-order valence-electron chi connectivity index (χ3n) is 2.75. The van der Waals surface area contributed by atoms with Crippen molar-refractivity contribution >= 4 is 16.8 Å². The molecule has 2 rings (SSSR count). The fourth-order valence-electron chi connectivity index (χ4n) is 1.80. The van der Waals surface area contributed by atoms with Gasteiger partial charge in [0.15, 0.2) is 0 Å². The molecule has 0 atom stereocenters. The van der Waals surface area contributed by atoms with Crippen LogP contribution < -0.4 is 0 Å². The van der Waals surface area contributed by atoms with Gasteiger partial charge in [-0.25, -0.2) is 0 Å². The first-order valence-corrected chi connectivity index (χ1v) is 5.83. The molecule has 0 saturated carbocycles. The number of carbonyl (C=O) groups is 1. The van der Waals surface area contributed by atoms with Crippen molar-refractivity contribution < 1.29 is 4.79 Å². The van der Waals surface area contributed by atoms with Crippen molar-refractivity contribution in [1.82, 2.24) is 0 Å². The van der Waals surface area contributed by atoms with E-state index in [1.165, 1.54) is 5.56 Å². The number of aryl methyl sites for hydroxylation is 2. The van der Waals surface area contributed by atoms with Crippen LogP contribution in [0.1, 0.15) is 21.5 Å². The second-order valence-electron chi connectivity index (χ2n) is 4.19. The average molecular weight is 245 g/mol. The maximum atomic E-state index is 11.4. The van der Waals surface area contributed by atoms with E-state index in [4.69, 9.17) is 11.6 Å². The molecule has 0 bridgehead atoms. The lowest BCUT2D eigenvalue weighted by Crippen LogP contribution is -1.94. The molecule has 2 aromatic rings. The van der Waals surface area contributed by atoms with Crippen molar-refractivity contribution in [2.45, 2.75) is 13.8 Å². The molecule has 0 saturated heterocycles. The van der Waals surface area contributed by atoms with Crippen LogP contribution in [0.15, 0.2) is 42.5 Å². The standard InChI is InChI=1S/C15H13ClO/c1-10-3-6-12(7-4-10)14-9-11(2)5-8-13(14)15(16)17/h3-9H,1-2H3. The predicted octanol–water partition coefficient (Wildman–Crippen LogP) is 4.35. The van der Waals surface area contributed by atoms with E-state index in [0.717, 1.165) is 16.7 Å². The molecule has 1 nitrogen and oxygen atoms in total. The Morgan fingerprint density at radius 3 is 2.12 bits per heavy atom. The van der Waals surface area contributed by atoms with Crippen LogP contribution in [0.2, 0.25) is 0 Å². The van der Waals surface area contributed by atoms with Crippen LogP contribution in [0.5, 0.6) is 0 Å². The van der Waals surface area contributed by atoms with E-state index in [-0.39, 0.29) is 0 Å². The van der Waals surface area contributed by atoms with Crippen LogP contribution in [-0.4, -0.2) is 5.24 Å². The second kappa shape index (κ2) is 4.72. The SMILES string of the molecule is Cc1ccc(-c2cc(C)ccc2C(=O)Cl)cc1. The zero-order valence-corrected chi connectivity index (χ0v) is 10.6. The van der Waals surface area contributed by atoms with Gasteiger partial charge in [0.2, 0.25) is 0 Å². The summed E-state index contributed by atoms with van der Waals surface area (Å²) in [5.74, 6) is 0. The minimum Gasteiger partial charge on any atom is -0.276 e. The summed E-state index contributed by atoms with van der Waals surface area (Å²) in [6.45, 7) is 4.04. The first-order chi connectivity index (χ1) is 8.08. The maximum Gasteiger partial charge on any atom is 0.253 e. The van der Waals surface area contributed by atoms with Crippen molar-refractivity contribution in [3.8, 4) is 11.1 Å². The van der Waals surface area contributed by atoms with E-state index in [9.17, 15) is 4.79 Å². The number of rotatable bonds is 2. The summed E-state index contributed by atoms with van der Waals surface area (Å²) < 4.78 is 0. The summed E-state index contributed by atoms with van der Waals surface area (Å²) >= 11 is 5.60. The number of halogens is 1. The topological polar surface area (TPSA) is 17.1 Å². The van der Waals surface area contributed by atoms with Crippen molar-refractivity contribution in [3.05, 3.63) is 59.2 Å². The minimum absolute atomic E-state index is 0.416. The van der Waals surface area contributed by atoms with E-state index < -0.39 is 5.24 Å². The first kappa shape index (κ1) is 11.9. The van der Waals surface area contributed by atoms with Crippen molar-refractivity contribution in [1.29, 1.82) is 0 Å². The highest BCUT2D eigenvalue weighted by Gasteiger charge is 2.10. The fourth-order valence-corrected chi connectivity index (χ4v) is 1.97. The number of benzene rings is 2. The normalized spacial score (nSPS) is 10.3. The molecular formula is C15H13ClO. The Morgan fingerprint density at radius 1 is 0.941 bits per heavy atom. The van der Waals surface area contributed by atoms with Crippen LogP contribution in [0.25, 0.3) is 11.1 Å². The molecule has 0 aliphatic heterocycles. The van der Waals surface area contributed by atoms with Crippen LogP contribution >= 0.6 is 11.6 Å². The molecule has 0 fully saturated rings. The highest BCUT2D eigenvalue weighted by molar-refractivity contribution is 6.68. The molecule has 0 unspecified atom stereocenters. The minimum atomic E-state index is -0.416. The molecule has 0 spiro atoms. The van der Waals surface area contributed by atoms with E-state index in [1.807, 2.05) is 50.2 Å². The van der Waals surface area contributed by atoms with Crippen molar-refractivity contribution in [3.63, 3.8) is 0 Å². The second-order valence-corrected chi connectivity index (χ2v) is 4.53. The highest BCUT2D eigenvalue weighted by atomic mass is 35.5. The lowest BCUT2D eigenvalue weighted by Gasteiger charge is -2.08. The Balaban J connectivity index is 2.60. The summed E-state index contributed by atoms with van der Waals surface area (Å²) in [6, 6.07) is 13.7. The van der Waals surface area contributed by atoms with Gasteiger partial charge in [-0.15, -0.1) is 0 Å². The van der Waals surface area contributed by atoms with Gasteiger partial charge in [0, 0.05) is 5.56 Å². The van der Waals surface area contributed by atoms with Gasteiger partial charge in [-0.3, -0.25) is 4.79 Å². The van der Waals surface area contributed by atoms with Gasteiger partial charge >= 0.3 is 0 Å². The third kappa shape index (κ3) is 2.56. The molecule has 0 aliphatic rings. The Labute approximate surface area is 106 Å². The third-order valence-corrected chi connectivity index (χ3v) is 2.95. The zero-order chi connectivity index (χ0) is 12.4. The summed E-state index contributed by atoms with van der Waals surface area (Å²) in [5, 5.41) is -0.416. The van der Waals surface area contributed by atoms with Crippen LogP contribution in [0, 0.1) is 13.8 Å². The van der Waals surface area contributed by atoms with E-state index in [0.29, 0.717) is 5.56 Å². The number of carbonyl (C=O) groups excluding carboxylic acids is 1. The number of hydrogen-bond donors (Lipinski definition) is 0. The summed E-state index contributed by atoms with van der Waals surface area (Å²) in [6.07, 6.45) is 0. The molecule has 2 heteroatoms. The average Bonchev–Trinajstić information content (AvgIpc) is 2.29. The Hall–Kier alpha value is -1.60. The predicted molar refractivity (Wildman–Crippen MR) is 71.5 cm³/mol. The van der Waals surface area contributed by atoms with E-state index in [1.54, 1.807) is 6.07 Å². The molecular weight excluding hydrogens is 232 g/mol. The molecule has 0 aliphatic carbocycles. The lowest BCUT2D eigenvalue weighted by atomic mass is 9.97. The Kier molecular flexibility index (Phi) is 3.30. The Morgan fingerprint density at radius 2 is 1.53 bits per heavy atom. The van der Waals surface area contributed by atoms with Gasteiger partial charge < -0.3 is 0 Å². The molecule has 17 heavy (non-hydrogen) atoms. The molecule has 0 N–H and O–H groups in total. The molecule has 0 heterocycles. The molecule has 0 radical (unpaired) electrons. The smallest absolute Gasteiger partial charge is 0.253 e. The van der Waals surface area contributed by atoms with E-state index >= 15 is 0 Å². The molecule has 0 aromatic heterocycles. The van der Waals surface area contributed by atoms with Crippen LogP contribution in [0.3, 0.4) is 0 Å². The Bertz CT molecular complexity index is 556. The maximum absolute atomic E-state index is 11.4. The van der Waals surface area contributed by atoms with Crippen molar-refractivity contribution in [2.24, 2.45) is 0 Å². The van der Waals surface area contributed by atoms with E-state index in [2.05, 4.69) is 0 Å². The van der Waals surface area contributed by atoms with Gasteiger partial charge in [0.1, 0.15) is 0 Å². The van der Waals surface area contributed by atoms with Gasteiger partial charge in [-0.2, -0.15) is 0 Å². The summed E-state index contributed by atoms with van der Waals surface area (Å²) in [7, 11) is 0. The monoisotopic (exact) mass is 244 g/mol. The van der Waals surface area contributed by atoms with Crippen molar-refractivity contribution in [2.75, 3.05) is 0 Å². The largest absolute Gasteiger partial charge is 0.276 e. The molecule has 0 amide bonds. The van der Waals surface area contributed by atoms with Gasteiger partial charge in [0.05, 0.1) is 0 Å². The summed E-state index contributed by atoms with van der Waals surface area (Å²) in [5.41, 5.74) is 4.77. The zero-order valence-electron chi connectivity index (χ0n) is 9.83. The fraction of sp³-hybridized carbons (Fsp3) is 0.133. The molecule has 86 valence electrons.